The summed E-state index contributed by atoms with van der Waals surface area (Å²) in [7, 11) is 0. The molecule has 1 nitrogen and oxygen atoms in total. The fourth-order valence-electron chi connectivity index (χ4n) is 2.83. The monoisotopic (exact) mass is 195 g/mol. The quantitative estimate of drug-likeness (QED) is 0.678. The van der Waals surface area contributed by atoms with Gasteiger partial charge in [-0.1, -0.05) is 39.0 Å². The molecule has 0 heterocycles. The van der Waals surface area contributed by atoms with E-state index in [-0.39, 0.29) is 0 Å². The second-order valence-corrected chi connectivity index (χ2v) is 5.28. The van der Waals surface area contributed by atoms with Crippen LogP contribution < -0.4 is 5.32 Å². The second-order valence-electron chi connectivity index (χ2n) is 5.28. The summed E-state index contributed by atoms with van der Waals surface area (Å²) in [6.45, 7) is 3.62. The van der Waals surface area contributed by atoms with Crippen LogP contribution >= 0.6 is 0 Å². The Morgan fingerprint density at radius 1 is 1.07 bits per heavy atom. The first-order valence-corrected chi connectivity index (χ1v) is 6.63. The smallest absolute Gasteiger partial charge is 0.00991 e. The van der Waals surface area contributed by atoms with Crippen LogP contribution in [-0.2, 0) is 0 Å². The molecule has 0 aromatic rings. The van der Waals surface area contributed by atoms with Gasteiger partial charge >= 0.3 is 0 Å². The minimum Gasteiger partial charge on any atom is -0.313 e. The second kappa shape index (κ2) is 5.16. The predicted octanol–water partition coefficient (Wildman–Crippen LogP) is 3.34. The molecule has 0 radical (unpaired) electrons. The highest BCUT2D eigenvalue weighted by molar-refractivity contribution is 4.92. The van der Waals surface area contributed by atoms with Crippen molar-refractivity contribution in [1.82, 2.24) is 5.32 Å². The fourth-order valence-corrected chi connectivity index (χ4v) is 2.83. The summed E-state index contributed by atoms with van der Waals surface area (Å²) in [4.78, 5) is 0. The lowest BCUT2D eigenvalue weighted by atomic mass is 10.0. The highest BCUT2D eigenvalue weighted by Crippen LogP contribution is 2.33. The zero-order chi connectivity index (χ0) is 9.80. The highest BCUT2D eigenvalue weighted by atomic mass is 15.0. The minimum absolute atomic E-state index is 0.892. The molecule has 2 fully saturated rings. The van der Waals surface area contributed by atoms with E-state index in [2.05, 4.69) is 12.2 Å². The summed E-state index contributed by atoms with van der Waals surface area (Å²) in [5.41, 5.74) is 0. The summed E-state index contributed by atoms with van der Waals surface area (Å²) in [5.74, 6) is 2.01. The number of rotatable bonds is 4. The Hall–Kier alpha value is -0.0400. The maximum atomic E-state index is 3.76. The zero-order valence-electron chi connectivity index (χ0n) is 9.60. The summed E-state index contributed by atoms with van der Waals surface area (Å²) < 4.78 is 0. The van der Waals surface area contributed by atoms with Gasteiger partial charge in [0, 0.05) is 6.04 Å². The van der Waals surface area contributed by atoms with Gasteiger partial charge in [-0.15, -0.1) is 0 Å². The molecular weight excluding hydrogens is 170 g/mol. The Kier molecular flexibility index (Phi) is 3.86. The van der Waals surface area contributed by atoms with Crippen molar-refractivity contribution in [3.63, 3.8) is 0 Å². The van der Waals surface area contributed by atoms with E-state index in [1.165, 1.54) is 57.9 Å². The Morgan fingerprint density at radius 3 is 2.36 bits per heavy atom. The predicted molar refractivity (Wildman–Crippen MR) is 61.4 cm³/mol. The molecule has 2 atom stereocenters. The van der Waals surface area contributed by atoms with E-state index >= 15 is 0 Å². The third-order valence-corrected chi connectivity index (χ3v) is 4.09. The van der Waals surface area contributed by atoms with Crippen molar-refractivity contribution in [2.75, 3.05) is 6.54 Å². The van der Waals surface area contributed by atoms with Gasteiger partial charge in [-0.05, 0) is 37.6 Å². The zero-order valence-corrected chi connectivity index (χ0v) is 9.60. The lowest BCUT2D eigenvalue weighted by molar-refractivity contribution is 0.418. The molecule has 1 N–H and O–H groups in total. The molecule has 0 bridgehead atoms. The molecule has 14 heavy (non-hydrogen) atoms. The molecule has 2 unspecified atom stereocenters. The van der Waals surface area contributed by atoms with Gasteiger partial charge in [0.25, 0.3) is 0 Å². The summed E-state index contributed by atoms with van der Waals surface area (Å²) in [6.07, 6.45) is 11.7. The first-order valence-electron chi connectivity index (χ1n) is 6.63. The molecule has 2 aliphatic rings. The van der Waals surface area contributed by atoms with E-state index < -0.39 is 0 Å². The van der Waals surface area contributed by atoms with Gasteiger partial charge in [0.1, 0.15) is 0 Å². The molecule has 0 aromatic heterocycles. The van der Waals surface area contributed by atoms with E-state index in [1.54, 1.807) is 0 Å². The molecule has 0 aromatic carbocycles. The van der Waals surface area contributed by atoms with Gasteiger partial charge < -0.3 is 5.32 Å². The fraction of sp³-hybridized carbons (Fsp3) is 1.00. The Labute approximate surface area is 88.7 Å². The van der Waals surface area contributed by atoms with Crippen LogP contribution in [0.25, 0.3) is 0 Å². The maximum Gasteiger partial charge on any atom is 0.00991 e. The van der Waals surface area contributed by atoms with Crippen LogP contribution in [0.3, 0.4) is 0 Å². The van der Waals surface area contributed by atoms with E-state index in [1.807, 2.05) is 0 Å². The van der Waals surface area contributed by atoms with Crippen molar-refractivity contribution in [2.45, 2.75) is 64.3 Å². The maximum absolute atomic E-state index is 3.76. The molecular formula is C13H25N. The highest BCUT2D eigenvalue weighted by Gasteiger charge is 2.34. The number of nitrogens with one attached hydrogen (secondary N) is 1. The molecule has 2 aliphatic carbocycles. The van der Waals surface area contributed by atoms with Crippen LogP contribution in [0, 0.1) is 11.8 Å². The summed E-state index contributed by atoms with van der Waals surface area (Å²) in [5, 5.41) is 3.76. The van der Waals surface area contributed by atoms with Gasteiger partial charge in [-0.25, -0.2) is 0 Å². The average molecular weight is 195 g/mol. The molecule has 0 aliphatic heterocycles. The van der Waals surface area contributed by atoms with E-state index in [0.29, 0.717) is 0 Å². The lowest BCUT2D eigenvalue weighted by Gasteiger charge is -2.14. The number of hydrogen-bond acceptors (Lipinski definition) is 1. The van der Waals surface area contributed by atoms with E-state index in [4.69, 9.17) is 0 Å². The average Bonchev–Trinajstić information content (AvgIpc) is 2.99. The van der Waals surface area contributed by atoms with Crippen LogP contribution in [0.15, 0.2) is 0 Å². The van der Waals surface area contributed by atoms with Crippen LogP contribution in [-0.4, -0.2) is 12.6 Å². The van der Waals surface area contributed by atoms with Gasteiger partial charge in [-0.3, -0.25) is 0 Å². The van der Waals surface area contributed by atoms with E-state index in [0.717, 1.165) is 17.9 Å². The minimum atomic E-state index is 0.892. The third kappa shape index (κ3) is 2.98. The van der Waals surface area contributed by atoms with Crippen LogP contribution in [0.1, 0.15) is 58.3 Å². The van der Waals surface area contributed by atoms with Crippen molar-refractivity contribution in [1.29, 1.82) is 0 Å². The van der Waals surface area contributed by atoms with Gasteiger partial charge in [0.15, 0.2) is 0 Å². The first-order chi connectivity index (χ1) is 6.90. The largest absolute Gasteiger partial charge is 0.313 e. The normalized spacial score (nSPS) is 34.1. The van der Waals surface area contributed by atoms with Gasteiger partial charge in [0.05, 0.1) is 0 Å². The molecule has 1 heteroatoms. The molecule has 0 amide bonds. The van der Waals surface area contributed by atoms with Crippen molar-refractivity contribution < 1.29 is 0 Å². The topological polar surface area (TPSA) is 12.0 Å². The Balaban J connectivity index is 1.60. The molecule has 0 saturated heterocycles. The molecule has 0 spiro atoms. The third-order valence-electron chi connectivity index (χ3n) is 4.09. The standard InChI is InChI=1S/C13H25N/c1-2-12-9-13(12)14-10-11-7-5-3-4-6-8-11/h11-14H,2-10H2,1H3. The van der Waals surface area contributed by atoms with E-state index in [9.17, 15) is 0 Å². The van der Waals surface area contributed by atoms with Crippen molar-refractivity contribution in [2.24, 2.45) is 11.8 Å². The SMILES string of the molecule is CCC1CC1NCC1CCCCCC1. The van der Waals surface area contributed by atoms with Crippen molar-refractivity contribution >= 4 is 0 Å². The van der Waals surface area contributed by atoms with Gasteiger partial charge in [-0.2, -0.15) is 0 Å². The molecule has 82 valence electrons. The first kappa shape index (κ1) is 10.5. The Bertz CT molecular complexity index is 159. The lowest BCUT2D eigenvalue weighted by Crippen LogP contribution is -2.25. The molecule has 2 saturated carbocycles. The number of hydrogen-bond donors (Lipinski definition) is 1. The van der Waals surface area contributed by atoms with Crippen molar-refractivity contribution in [3.8, 4) is 0 Å². The summed E-state index contributed by atoms with van der Waals surface area (Å²) in [6, 6.07) is 0.892. The Morgan fingerprint density at radius 2 is 1.79 bits per heavy atom. The van der Waals surface area contributed by atoms with Crippen LogP contribution in [0.2, 0.25) is 0 Å². The van der Waals surface area contributed by atoms with Crippen molar-refractivity contribution in [3.05, 3.63) is 0 Å². The van der Waals surface area contributed by atoms with Crippen LogP contribution in [0.5, 0.6) is 0 Å². The molecule has 2 rings (SSSR count). The van der Waals surface area contributed by atoms with Crippen LogP contribution in [0.4, 0.5) is 0 Å². The summed E-state index contributed by atoms with van der Waals surface area (Å²) >= 11 is 0. The van der Waals surface area contributed by atoms with Gasteiger partial charge in [0.2, 0.25) is 0 Å².